The Kier molecular flexibility index (Phi) is 4.20. The highest BCUT2D eigenvalue weighted by atomic mass is 16.5. The lowest BCUT2D eigenvalue weighted by Crippen LogP contribution is -2.31. The molecule has 1 heterocycles. The molecule has 1 atom stereocenters. The summed E-state index contributed by atoms with van der Waals surface area (Å²) in [5.74, 6) is 0.555. The van der Waals surface area contributed by atoms with Crippen LogP contribution in [0.25, 0.3) is 0 Å². The lowest BCUT2D eigenvalue weighted by Gasteiger charge is -2.26. The fourth-order valence-corrected chi connectivity index (χ4v) is 1.49. The Morgan fingerprint density at radius 2 is 2.25 bits per heavy atom. The third-order valence-corrected chi connectivity index (χ3v) is 2.73. The van der Waals surface area contributed by atoms with Gasteiger partial charge in [-0.2, -0.15) is 0 Å². The molecule has 0 bridgehead atoms. The van der Waals surface area contributed by atoms with E-state index in [1.54, 1.807) is 0 Å². The van der Waals surface area contributed by atoms with Crippen molar-refractivity contribution in [3.8, 4) is 0 Å². The summed E-state index contributed by atoms with van der Waals surface area (Å²) < 4.78 is 5.63. The Morgan fingerprint density at radius 1 is 1.56 bits per heavy atom. The number of aromatic amines is 1. The molecule has 1 aromatic heterocycles. The zero-order valence-electron chi connectivity index (χ0n) is 10.0. The topological polar surface area (TPSA) is 81.0 Å². The molecule has 90 valence electrons. The van der Waals surface area contributed by atoms with Crippen LogP contribution in [0.2, 0.25) is 0 Å². The van der Waals surface area contributed by atoms with E-state index in [0.29, 0.717) is 18.0 Å². The van der Waals surface area contributed by atoms with Gasteiger partial charge in [0, 0.05) is 24.9 Å². The van der Waals surface area contributed by atoms with Gasteiger partial charge in [0.2, 0.25) is 0 Å². The first-order chi connectivity index (χ1) is 7.57. The standard InChI is InChI=1S/C11H19N3O2/c1-4-11(3,16-5-2)10-13-7-8(6-12)9(15)14-10/h7H,4-6,12H2,1-3H3,(H,13,14,15). The number of nitrogens with two attached hydrogens (primary N) is 1. The minimum absolute atomic E-state index is 0.188. The Morgan fingerprint density at radius 3 is 2.69 bits per heavy atom. The normalized spacial score (nSPS) is 14.8. The number of hydrogen-bond donors (Lipinski definition) is 2. The highest BCUT2D eigenvalue weighted by Gasteiger charge is 2.27. The van der Waals surface area contributed by atoms with Crippen molar-refractivity contribution < 1.29 is 4.74 Å². The van der Waals surface area contributed by atoms with Crippen molar-refractivity contribution in [3.63, 3.8) is 0 Å². The molecule has 1 aromatic rings. The molecule has 5 heteroatoms. The largest absolute Gasteiger partial charge is 0.368 e. The van der Waals surface area contributed by atoms with Crippen LogP contribution in [0, 0.1) is 0 Å². The van der Waals surface area contributed by atoms with Crippen molar-refractivity contribution in [3.05, 3.63) is 27.9 Å². The SMILES string of the molecule is CCOC(C)(CC)c1ncc(CN)c(=O)[nH]1. The van der Waals surface area contributed by atoms with Gasteiger partial charge in [-0.05, 0) is 20.3 Å². The third-order valence-electron chi connectivity index (χ3n) is 2.73. The van der Waals surface area contributed by atoms with E-state index in [1.807, 2.05) is 20.8 Å². The van der Waals surface area contributed by atoms with Crippen molar-refractivity contribution in [2.45, 2.75) is 39.3 Å². The van der Waals surface area contributed by atoms with Crippen molar-refractivity contribution in [2.75, 3.05) is 6.61 Å². The summed E-state index contributed by atoms with van der Waals surface area (Å²) in [7, 11) is 0. The lowest BCUT2D eigenvalue weighted by atomic mass is 10.0. The maximum Gasteiger partial charge on any atom is 0.255 e. The average molecular weight is 225 g/mol. The summed E-state index contributed by atoms with van der Waals surface area (Å²) in [5.41, 5.74) is 5.17. The number of hydrogen-bond acceptors (Lipinski definition) is 4. The van der Waals surface area contributed by atoms with Gasteiger partial charge < -0.3 is 15.5 Å². The summed E-state index contributed by atoms with van der Waals surface area (Å²) in [5, 5.41) is 0. The van der Waals surface area contributed by atoms with E-state index in [-0.39, 0.29) is 12.1 Å². The van der Waals surface area contributed by atoms with Crippen LogP contribution in [0.4, 0.5) is 0 Å². The van der Waals surface area contributed by atoms with Gasteiger partial charge in [-0.15, -0.1) is 0 Å². The molecular weight excluding hydrogens is 206 g/mol. The molecule has 5 nitrogen and oxygen atoms in total. The highest BCUT2D eigenvalue weighted by Crippen LogP contribution is 2.24. The summed E-state index contributed by atoms with van der Waals surface area (Å²) in [4.78, 5) is 18.5. The zero-order valence-corrected chi connectivity index (χ0v) is 10.0. The molecule has 3 N–H and O–H groups in total. The number of rotatable bonds is 5. The first-order valence-electron chi connectivity index (χ1n) is 5.50. The second kappa shape index (κ2) is 5.23. The van der Waals surface area contributed by atoms with Crippen molar-refractivity contribution in [2.24, 2.45) is 5.73 Å². The molecule has 0 aliphatic rings. The van der Waals surface area contributed by atoms with Crippen molar-refractivity contribution in [1.82, 2.24) is 9.97 Å². The van der Waals surface area contributed by atoms with E-state index in [9.17, 15) is 4.79 Å². The second-order valence-corrected chi connectivity index (χ2v) is 3.81. The molecule has 0 aliphatic carbocycles. The first-order valence-corrected chi connectivity index (χ1v) is 5.50. The predicted molar refractivity (Wildman–Crippen MR) is 62.0 cm³/mol. The Labute approximate surface area is 95.0 Å². The molecule has 1 unspecified atom stereocenters. The van der Waals surface area contributed by atoms with Gasteiger partial charge in [-0.25, -0.2) is 4.98 Å². The predicted octanol–water partition coefficient (Wildman–Crippen LogP) is 0.890. The van der Waals surface area contributed by atoms with Crippen LogP contribution in [0.15, 0.2) is 11.0 Å². The monoisotopic (exact) mass is 225 g/mol. The van der Waals surface area contributed by atoms with Gasteiger partial charge >= 0.3 is 0 Å². The second-order valence-electron chi connectivity index (χ2n) is 3.81. The molecule has 0 fully saturated rings. The molecule has 0 radical (unpaired) electrons. The van der Waals surface area contributed by atoms with E-state index in [2.05, 4.69) is 9.97 Å². The smallest absolute Gasteiger partial charge is 0.255 e. The number of nitrogens with zero attached hydrogens (tertiary/aromatic N) is 1. The molecule has 0 amide bonds. The Hall–Kier alpha value is -1.20. The van der Waals surface area contributed by atoms with Gasteiger partial charge in [0.1, 0.15) is 11.4 Å². The van der Waals surface area contributed by atoms with Crippen LogP contribution >= 0.6 is 0 Å². The van der Waals surface area contributed by atoms with Crippen LogP contribution < -0.4 is 11.3 Å². The molecule has 0 spiro atoms. The van der Waals surface area contributed by atoms with Gasteiger partial charge in [-0.1, -0.05) is 6.92 Å². The van der Waals surface area contributed by atoms with Gasteiger partial charge in [0.25, 0.3) is 5.56 Å². The Bertz CT molecular complexity index is 402. The minimum Gasteiger partial charge on any atom is -0.368 e. The maximum absolute atomic E-state index is 11.6. The molecule has 0 aromatic carbocycles. The molecule has 16 heavy (non-hydrogen) atoms. The lowest BCUT2D eigenvalue weighted by molar-refractivity contribution is -0.0392. The summed E-state index contributed by atoms with van der Waals surface area (Å²) >= 11 is 0. The van der Waals surface area contributed by atoms with Crippen LogP contribution in [-0.2, 0) is 16.9 Å². The van der Waals surface area contributed by atoms with E-state index < -0.39 is 5.60 Å². The summed E-state index contributed by atoms with van der Waals surface area (Å²) in [6.07, 6.45) is 2.26. The molecule has 0 aliphatic heterocycles. The third kappa shape index (κ3) is 2.48. The molecular formula is C11H19N3O2. The van der Waals surface area contributed by atoms with Crippen LogP contribution in [0.1, 0.15) is 38.6 Å². The number of nitrogens with one attached hydrogen (secondary N) is 1. The molecule has 1 rings (SSSR count). The highest BCUT2D eigenvalue weighted by molar-refractivity contribution is 5.09. The van der Waals surface area contributed by atoms with Gasteiger partial charge in [0.05, 0.1) is 0 Å². The van der Waals surface area contributed by atoms with Crippen LogP contribution in [0.5, 0.6) is 0 Å². The maximum atomic E-state index is 11.6. The number of H-pyrrole nitrogens is 1. The average Bonchev–Trinajstić information content (AvgIpc) is 2.29. The number of ether oxygens (including phenoxy) is 1. The summed E-state index contributed by atoms with van der Waals surface area (Å²) in [6.45, 7) is 6.59. The molecule has 0 saturated carbocycles. The van der Waals surface area contributed by atoms with Crippen LogP contribution in [0.3, 0.4) is 0 Å². The van der Waals surface area contributed by atoms with Crippen molar-refractivity contribution in [1.29, 1.82) is 0 Å². The van der Waals surface area contributed by atoms with E-state index in [1.165, 1.54) is 6.20 Å². The fraction of sp³-hybridized carbons (Fsp3) is 0.636. The summed E-state index contributed by atoms with van der Waals surface area (Å²) in [6, 6.07) is 0. The Balaban J connectivity index is 3.12. The molecule has 0 saturated heterocycles. The fourth-order valence-electron chi connectivity index (χ4n) is 1.49. The van der Waals surface area contributed by atoms with Gasteiger partial charge in [-0.3, -0.25) is 4.79 Å². The van der Waals surface area contributed by atoms with E-state index in [4.69, 9.17) is 10.5 Å². The zero-order chi connectivity index (χ0) is 12.2. The first kappa shape index (κ1) is 12.9. The van der Waals surface area contributed by atoms with Gasteiger partial charge in [0.15, 0.2) is 0 Å². The van der Waals surface area contributed by atoms with E-state index >= 15 is 0 Å². The quantitative estimate of drug-likeness (QED) is 0.779. The van der Waals surface area contributed by atoms with Crippen molar-refractivity contribution >= 4 is 0 Å². The minimum atomic E-state index is -0.541. The van der Waals surface area contributed by atoms with Crippen LogP contribution in [-0.4, -0.2) is 16.6 Å². The van der Waals surface area contributed by atoms with E-state index in [0.717, 1.165) is 6.42 Å². The number of aromatic nitrogens is 2.